The number of hydrogen-bond acceptors (Lipinski definition) is 3. The molecule has 0 saturated heterocycles. The maximum atomic E-state index is 5.23. The molecule has 1 aromatic heterocycles. The molecule has 0 fully saturated rings. The maximum absolute atomic E-state index is 5.23. The summed E-state index contributed by atoms with van der Waals surface area (Å²) < 4.78 is 1.09. The lowest BCUT2D eigenvalue weighted by molar-refractivity contribution is 1.04. The first kappa shape index (κ1) is 15.2. The molecule has 6 heteroatoms. The Morgan fingerprint density at radius 3 is 2.65 bits per heavy atom. The van der Waals surface area contributed by atoms with Crippen LogP contribution in [0.3, 0.4) is 0 Å². The van der Waals surface area contributed by atoms with Crippen LogP contribution in [0.15, 0.2) is 45.3 Å². The molecule has 2 aromatic rings. The normalized spacial score (nSPS) is 11.2. The zero-order chi connectivity index (χ0) is 14.5. The Morgan fingerprint density at radius 1 is 1.25 bits per heavy atom. The molecule has 1 aromatic carbocycles. The number of hydrogen-bond donors (Lipinski definition) is 2. The Bertz CT molecular complexity index is 649. The molecule has 0 bridgehead atoms. The number of halogens is 1. The van der Waals surface area contributed by atoms with E-state index in [4.69, 9.17) is 12.2 Å². The lowest BCUT2D eigenvalue weighted by Crippen LogP contribution is -2.25. The molecule has 0 saturated carbocycles. The molecule has 104 valence electrons. The predicted octanol–water partition coefficient (Wildman–Crippen LogP) is 4.53. The van der Waals surface area contributed by atoms with Gasteiger partial charge in [-0.25, -0.2) is 0 Å². The van der Waals surface area contributed by atoms with Crippen LogP contribution in [0.25, 0.3) is 0 Å². The quantitative estimate of drug-likeness (QED) is 0.475. The standard InChI is InChI=1S/C14H14BrN3S2/c1-9-5-3-4-6-11(9)16-14(19)18-17-10(2)12-7-8-13(15)20-12/h3-8H,1-2H3,(H2,16,18,19)/b17-10-. The van der Waals surface area contributed by atoms with Crippen LogP contribution in [-0.4, -0.2) is 10.8 Å². The van der Waals surface area contributed by atoms with Crippen molar-refractivity contribution in [3.8, 4) is 0 Å². The van der Waals surface area contributed by atoms with Crippen molar-refractivity contribution in [1.29, 1.82) is 0 Å². The van der Waals surface area contributed by atoms with Gasteiger partial charge in [0.15, 0.2) is 5.11 Å². The average Bonchev–Trinajstić information content (AvgIpc) is 2.85. The first-order chi connectivity index (χ1) is 9.56. The third kappa shape index (κ3) is 4.13. The lowest BCUT2D eigenvalue weighted by Gasteiger charge is -2.09. The Morgan fingerprint density at radius 2 is 2.00 bits per heavy atom. The van der Waals surface area contributed by atoms with Crippen molar-refractivity contribution in [2.75, 3.05) is 5.32 Å². The summed E-state index contributed by atoms with van der Waals surface area (Å²) in [4.78, 5) is 1.10. The van der Waals surface area contributed by atoms with Gasteiger partial charge in [0.05, 0.1) is 14.4 Å². The van der Waals surface area contributed by atoms with Crippen LogP contribution >= 0.6 is 39.5 Å². The fourth-order valence-electron chi connectivity index (χ4n) is 1.56. The molecule has 0 amide bonds. The minimum atomic E-state index is 0.481. The van der Waals surface area contributed by atoms with Crippen LogP contribution in [-0.2, 0) is 0 Å². The van der Waals surface area contributed by atoms with E-state index in [0.29, 0.717) is 5.11 Å². The molecule has 0 radical (unpaired) electrons. The van der Waals surface area contributed by atoms with E-state index in [1.165, 1.54) is 0 Å². The summed E-state index contributed by atoms with van der Waals surface area (Å²) in [6.45, 7) is 3.98. The lowest BCUT2D eigenvalue weighted by atomic mass is 10.2. The van der Waals surface area contributed by atoms with Gasteiger partial charge in [0.2, 0.25) is 0 Å². The van der Waals surface area contributed by atoms with Crippen molar-refractivity contribution < 1.29 is 0 Å². The Kier molecular flexibility index (Phi) is 5.28. The largest absolute Gasteiger partial charge is 0.331 e. The maximum Gasteiger partial charge on any atom is 0.191 e. The number of anilines is 1. The Balaban J connectivity index is 1.97. The topological polar surface area (TPSA) is 36.4 Å². The SMILES string of the molecule is C/C(=N/NC(=S)Nc1ccccc1C)c1ccc(Br)s1. The third-order valence-electron chi connectivity index (χ3n) is 2.65. The molecular weight excluding hydrogens is 354 g/mol. The number of rotatable bonds is 3. The van der Waals surface area contributed by atoms with E-state index < -0.39 is 0 Å². The smallest absolute Gasteiger partial charge is 0.191 e. The summed E-state index contributed by atoms with van der Waals surface area (Å²) in [6, 6.07) is 12.0. The number of para-hydroxylation sites is 1. The number of hydrazone groups is 1. The Hall–Kier alpha value is -1.24. The van der Waals surface area contributed by atoms with Crippen molar-refractivity contribution in [1.82, 2.24) is 5.43 Å². The molecule has 2 rings (SSSR count). The zero-order valence-corrected chi connectivity index (χ0v) is 14.3. The van der Waals surface area contributed by atoms with Gasteiger partial charge in [-0.15, -0.1) is 11.3 Å². The number of thiophene rings is 1. The van der Waals surface area contributed by atoms with Gasteiger partial charge in [0, 0.05) is 5.69 Å². The van der Waals surface area contributed by atoms with Gasteiger partial charge in [-0.3, -0.25) is 5.43 Å². The highest BCUT2D eigenvalue weighted by Gasteiger charge is 2.03. The molecule has 3 nitrogen and oxygen atoms in total. The number of thiocarbonyl (C=S) groups is 1. The molecule has 20 heavy (non-hydrogen) atoms. The number of nitrogens with zero attached hydrogens (tertiary/aromatic N) is 1. The van der Waals surface area contributed by atoms with Gasteiger partial charge in [-0.05, 0) is 65.8 Å². The van der Waals surface area contributed by atoms with Gasteiger partial charge in [-0.1, -0.05) is 18.2 Å². The molecule has 1 heterocycles. The molecule has 0 unspecified atom stereocenters. The summed E-state index contributed by atoms with van der Waals surface area (Å²) >= 11 is 10.3. The average molecular weight is 368 g/mol. The van der Waals surface area contributed by atoms with Gasteiger partial charge >= 0.3 is 0 Å². The number of nitrogens with one attached hydrogen (secondary N) is 2. The first-order valence-corrected chi connectivity index (χ1v) is 8.00. The summed E-state index contributed by atoms with van der Waals surface area (Å²) in [5, 5.41) is 7.90. The first-order valence-electron chi connectivity index (χ1n) is 5.99. The van der Waals surface area contributed by atoms with Crippen molar-refractivity contribution in [3.05, 3.63) is 50.6 Å². The van der Waals surface area contributed by atoms with E-state index in [9.17, 15) is 0 Å². The van der Waals surface area contributed by atoms with Crippen LogP contribution in [0.4, 0.5) is 5.69 Å². The van der Waals surface area contributed by atoms with Crippen LogP contribution in [0, 0.1) is 6.92 Å². The molecule has 2 N–H and O–H groups in total. The van der Waals surface area contributed by atoms with E-state index in [-0.39, 0.29) is 0 Å². The predicted molar refractivity (Wildman–Crippen MR) is 94.8 cm³/mol. The van der Waals surface area contributed by atoms with E-state index in [2.05, 4.69) is 31.8 Å². The van der Waals surface area contributed by atoms with Crippen LogP contribution < -0.4 is 10.7 Å². The van der Waals surface area contributed by atoms with Crippen molar-refractivity contribution in [2.24, 2.45) is 5.10 Å². The van der Waals surface area contributed by atoms with Crippen molar-refractivity contribution in [2.45, 2.75) is 13.8 Å². The molecule has 0 aliphatic carbocycles. The monoisotopic (exact) mass is 367 g/mol. The van der Waals surface area contributed by atoms with Crippen molar-refractivity contribution in [3.63, 3.8) is 0 Å². The van der Waals surface area contributed by atoms with E-state index in [1.807, 2.05) is 50.2 Å². The fraction of sp³-hybridized carbons (Fsp3) is 0.143. The number of aryl methyl sites for hydroxylation is 1. The summed E-state index contributed by atoms with van der Waals surface area (Å²) in [7, 11) is 0. The van der Waals surface area contributed by atoms with Crippen molar-refractivity contribution >= 4 is 56.0 Å². The molecule has 0 spiro atoms. The van der Waals surface area contributed by atoms with E-state index in [0.717, 1.165) is 25.6 Å². The highest BCUT2D eigenvalue weighted by atomic mass is 79.9. The van der Waals surface area contributed by atoms with Crippen LogP contribution in [0.5, 0.6) is 0 Å². The minimum absolute atomic E-state index is 0.481. The van der Waals surface area contributed by atoms with Gasteiger partial charge in [0.1, 0.15) is 0 Å². The minimum Gasteiger partial charge on any atom is -0.331 e. The van der Waals surface area contributed by atoms with Gasteiger partial charge < -0.3 is 5.32 Å². The highest BCUT2D eigenvalue weighted by molar-refractivity contribution is 9.11. The summed E-state index contributed by atoms with van der Waals surface area (Å²) in [5.41, 5.74) is 5.88. The molecule has 0 aliphatic heterocycles. The second kappa shape index (κ2) is 6.97. The molecule has 0 atom stereocenters. The van der Waals surface area contributed by atoms with E-state index in [1.54, 1.807) is 11.3 Å². The molecule has 0 aliphatic rings. The summed E-state index contributed by atoms with van der Waals surface area (Å²) in [5.74, 6) is 0. The summed E-state index contributed by atoms with van der Waals surface area (Å²) in [6.07, 6.45) is 0. The zero-order valence-electron chi connectivity index (χ0n) is 11.1. The molecular formula is C14H14BrN3S2. The van der Waals surface area contributed by atoms with E-state index >= 15 is 0 Å². The van der Waals surface area contributed by atoms with Crippen LogP contribution in [0.1, 0.15) is 17.4 Å². The second-order valence-electron chi connectivity index (χ2n) is 4.18. The Labute approximate surface area is 136 Å². The third-order valence-corrected chi connectivity index (χ3v) is 4.57. The van der Waals surface area contributed by atoms with Crippen LogP contribution in [0.2, 0.25) is 0 Å². The number of benzene rings is 1. The van der Waals surface area contributed by atoms with Gasteiger partial charge in [0.25, 0.3) is 0 Å². The highest BCUT2D eigenvalue weighted by Crippen LogP contribution is 2.22. The fourth-order valence-corrected chi connectivity index (χ4v) is 3.05. The second-order valence-corrected chi connectivity index (χ2v) is 7.05. The van der Waals surface area contributed by atoms with Gasteiger partial charge in [-0.2, -0.15) is 5.10 Å².